The minimum atomic E-state index is 0.412. The highest BCUT2D eigenvalue weighted by Gasteiger charge is 2.11. The molecule has 0 amide bonds. The van der Waals surface area contributed by atoms with E-state index in [1.807, 2.05) is 18.4 Å². The zero-order valence-corrected chi connectivity index (χ0v) is 12.6. The number of ether oxygens (including phenoxy) is 2. The molecule has 8 heteroatoms. The van der Waals surface area contributed by atoms with Gasteiger partial charge in [0.1, 0.15) is 24.7 Å². The van der Waals surface area contributed by atoms with Crippen LogP contribution < -0.4 is 20.9 Å². The molecule has 0 saturated heterocycles. The number of nitrogens with zero attached hydrogens (tertiary/aromatic N) is 2. The second kappa shape index (κ2) is 7.87. The normalized spacial score (nSPS) is 10.6. The SMILES string of the molecule is CSc1nnc(-c2cc(OCCN)cc(OCCN)c2)o1. The van der Waals surface area contributed by atoms with Crippen LogP contribution in [0.15, 0.2) is 27.8 Å². The van der Waals surface area contributed by atoms with E-state index in [1.54, 1.807) is 6.07 Å². The standard InChI is InChI=1S/C13H18N4O3S/c1-21-13-17-16-12(20-13)9-6-10(18-4-2-14)8-11(7-9)19-5-3-15/h6-8H,2-5,14-15H2,1H3. The van der Waals surface area contributed by atoms with Crippen LogP contribution >= 0.6 is 11.8 Å². The molecule has 0 aliphatic heterocycles. The van der Waals surface area contributed by atoms with Crippen molar-refractivity contribution in [3.8, 4) is 23.0 Å². The van der Waals surface area contributed by atoms with Crippen molar-refractivity contribution in [1.29, 1.82) is 0 Å². The average Bonchev–Trinajstić information content (AvgIpc) is 3.00. The van der Waals surface area contributed by atoms with Crippen molar-refractivity contribution in [3.05, 3.63) is 18.2 Å². The molecule has 0 unspecified atom stereocenters. The first-order valence-corrected chi connectivity index (χ1v) is 7.68. The Balaban J connectivity index is 2.28. The first-order chi connectivity index (χ1) is 10.3. The van der Waals surface area contributed by atoms with Crippen molar-refractivity contribution >= 4 is 11.8 Å². The maximum Gasteiger partial charge on any atom is 0.276 e. The van der Waals surface area contributed by atoms with E-state index in [4.69, 9.17) is 25.4 Å². The third kappa shape index (κ3) is 4.35. The van der Waals surface area contributed by atoms with Crippen LogP contribution in [-0.2, 0) is 0 Å². The zero-order valence-electron chi connectivity index (χ0n) is 11.7. The summed E-state index contributed by atoms with van der Waals surface area (Å²) in [6.07, 6.45) is 1.87. The summed E-state index contributed by atoms with van der Waals surface area (Å²) in [6, 6.07) is 5.39. The minimum absolute atomic E-state index is 0.412. The summed E-state index contributed by atoms with van der Waals surface area (Å²) in [5, 5.41) is 8.42. The third-order valence-corrected chi connectivity index (χ3v) is 3.00. The van der Waals surface area contributed by atoms with Crippen LogP contribution in [0.3, 0.4) is 0 Å². The van der Waals surface area contributed by atoms with Crippen LogP contribution in [0.4, 0.5) is 0 Å². The molecule has 0 aliphatic carbocycles. The number of hydrogen-bond acceptors (Lipinski definition) is 8. The van der Waals surface area contributed by atoms with Crippen LogP contribution in [0.25, 0.3) is 11.5 Å². The monoisotopic (exact) mass is 310 g/mol. The zero-order chi connectivity index (χ0) is 15.1. The molecule has 114 valence electrons. The highest BCUT2D eigenvalue weighted by molar-refractivity contribution is 7.98. The predicted octanol–water partition coefficient (Wildman–Crippen LogP) is 1.13. The van der Waals surface area contributed by atoms with E-state index in [0.29, 0.717) is 48.9 Å². The van der Waals surface area contributed by atoms with Gasteiger partial charge in [-0.15, -0.1) is 10.2 Å². The van der Waals surface area contributed by atoms with Gasteiger partial charge in [-0.05, 0) is 18.4 Å². The van der Waals surface area contributed by atoms with Gasteiger partial charge in [-0.25, -0.2) is 0 Å². The Bertz CT molecular complexity index is 550. The summed E-state index contributed by atoms with van der Waals surface area (Å²) in [5.74, 6) is 1.68. The molecule has 0 fully saturated rings. The Morgan fingerprint density at radius 2 is 1.67 bits per heavy atom. The van der Waals surface area contributed by atoms with Crippen LogP contribution in [0, 0.1) is 0 Å². The number of aromatic nitrogens is 2. The maximum absolute atomic E-state index is 5.54. The summed E-state index contributed by atoms with van der Waals surface area (Å²) in [6.45, 7) is 1.69. The van der Waals surface area contributed by atoms with Gasteiger partial charge >= 0.3 is 0 Å². The van der Waals surface area contributed by atoms with Gasteiger partial charge in [0, 0.05) is 24.7 Å². The lowest BCUT2D eigenvalue weighted by molar-refractivity contribution is 0.312. The molecule has 7 nitrogen and oxygen atoms in total. The molecule has 0 saturated carbocycles. The molecule has 1 heterocycles. The second-order valence-corrected chi connectivity index (χ2v) is 4.80. The molecule has 1 aromatic carbocycles. The van der Waals surface area contributed by atoms with Gasteiger partial charge in [-0.1, -0.05) is 11.8 Å². The fourth-order valence-electron chi connectivity index (χ4n) is 1.62. The molecule has 0 aliphatic rings. The fraction of sp³-hybridized carbons (Fsp3) is 0.385. The molecule has 0 radical (unpaired) electrons. The predicted molar refractivity (Wildman–Crippen MR) is 80.6 cm³/mol. The number of rotatable bonds is 8. The summed E-state index contributed by atoms with van der Waals surface area (Å²) in [5.41, 5.74) is 11.6. The van der Waals surface area contributed by atoms with E-state index in [0.717, 1.165) is 5.56 Å². The summed E-state index contributed by atoms with van der Waals surface area (Å²) in [7, 11) is 0. The number of thioether (sulfide) groups is 1. The van der Waals surface area contributed by atoms with E-state index in [1.165, 1.54) is 11.8 Å². The molecule has 1 aromatic heterocycles. The quantitative estimate of drug-likeness (QED) is 0.698. The van der Waals surface area contributed by atoms with Crippen molar-refractivity contribution < 1.29 is 13.9 Å². The Hall–Kier alpha value is -1.77. The fourth-order valence-corrected chi connectivity index (χ4v) is 1.91. The van der Waals surface area contributed by atoms with Gasteiger partial charge < -0.3 is 25.4 Å². The summed E-state index contributed by atoms with van der Waals surface area (Å²) >= 11 is 1.38. The van der Waals surface area contributed by atoms with Crippen molar-refractivity contribution in [2.45, 2.75) is 5.22 Å². The van der Waals surface area contributed by atoms with Crippen molar-refractivity contribution in [3.63, 3.8) is 0 Å². The van der Waals surface area contributed by atoms with E-state index < -0.39 is 0 Å². The van der Waals surface area contributed by atoms with Gasteiger partial charge in [0.25, 0.3) is 5.22 Å². The van der Waals surface area contributed by atoms with E-state index in [-0.39, 0.29) is 0 Å². The largest absolute Gasteiger partial charge is 0.492 e. The first kappa shape index (κ1) is 15.6. The highest BCUT2D eigenvalue weighted by Crippen LogP contribution is 2.30. The van der Waals surface area contributed by atoms with Crippen LogP contribution in [0.5, 0.6) is 11.5 Å². The summed E-state index contributed by atoms with van der Waals surface area (Å²) < 4.78 is 16.6. The Kier molecular flexibility index (Phi) is 5.85. The molecule has 0 bridgehead atoms. The molecule has 21 heavy (non-hydrogen) atoms. The molecule has 4 N–H and O–H groups in total. The molecule has 2 rings (SSSR count). The molecule has 0 atom stereocenters. The van der Waals surface area contributed by atoms with Gasteiger partial charge in [0.15, 0.2) is 0 Å². The van der Waals surface area contributed by atoms with E-state index in [9.17, 15) is 0 Å². The highest BCUT2D eigenvalue weighted by atomic mass is 32.2. The molecule has 0 spiro atoms. The Labute approximate surface area is 127 Å². The lowest BCUT2D eigenvalue weighted by atomic mass is 10.2. The maximum atomic E-state index is 5.54. The number of nitrogens with two attached hydrogens (primary N) is 2. The lowest BCUT2D eigenvalue weighted by Crippen LogP contribution is -2.12. The average molecular weight is 310 g/mol. The van der Waals surface area contributed by atoms with Crippen LogP contribution in [0.2, 0.25) is 0 Å². The van der Waals surface area contributed by atoms with Gasteiger partial charge in [-0.2, -0.15) is 0 Å². The third-order valence-electron chi connectivity index (χ3n) is 2.48. The van der Waals surface area contributed by atoms with Crippen LogP contribution in [0.1, 0.15) is 0 Å². The Morgan fingerprint density at radius 3 is 2.14 bits per heavy atom. The van der Waals surface area contributed by atoms with Crippen molar-refractivity contribution in [2.24, 2.45) is 11.5 Å². The Morgan fingerprint density at radius 1 is 1.05 bits per heavy atom. The molecular weight excluding hydrogens is 292 g/mol. The number of hydrogen-bond donors (Lipinski definition) is 2. The topological polar surface area (TPSA) is 109 Å². The molecule has 2 aromatic rings. The van der Waals surface area contributed by atoms with Gasteiger partial charge in [0.2, 0.25) is 5.89 Å². The van der Waals surface area contributed by atoms with Crippen molar-refractivity contribution in [2.75, 3.05) is 32.6 Å². The smallest absolute Gasteiger partial charge is 0.276 e. The molecular formula is C13H18N4O3S. The van der Waals surface area contributed by atoms with Gasteiger partial charge in [-0.3, -0.25) is 0 Å². The summed E-state index contributed by atoms with van der Waals surface area (Å²) in [4.78, 5) is 0. The lowest BCUT2D eigenvalue weighted by Gasteiger charge is -2.10. The van der Waals surface area contributed by atoms with Gasteiger partial charge in [0.05, 0.1) is 0 Å². The first-order valence-electron chi connectivity index (χ1n) is 6.45. The van der Waals surface area contributed by atoms with Crippen LogP contribution in [-0.4, -0.2) is 42.8 Å². The number of benzene rings is 1. The van der Waals surface area contributed by atoms with E-state index >= 15 is 0 Å². The second-order valence-electron chi connectivity index (χ2n) is 4.04. The minimum Gasteiger partial charge on any atom is -0.492 e. The van der Waals surface area contributed by atoms with Crippen molar-refractivity contribution in [1.82, 2.24) is 10.2 Å². The van der Waals surface area contributed by atoms with E-state index in [2.05, 4.69) is 10.2 Å².